The minimum atomic E-state index is -0.111. The van der Waals surface area contributed by atoms with Crippen LogP contribution in [0.5, 0.6) is 5.75 Å². The van der Waals surface area contributed by atoms with E-state index in [1.54, 1.807) is 11.8 Å². The van der Waals surface area contributed by atoms with Crippen LogP contribution in [0.4, 0.5) is 5.69 Å². The summed E-state index contributed by atoms with van der Waals surface area (Å²) in [4.78, 5) is 18.0. The number of nitrogens with zero attached hydrogens (tertiary/aromatic N) is 2. The first-order valence-electron chi connectivity index (χ1n) is 10.1. The van der Waals surface area contributed by atoms with Gasteiger partial charge < -0.3 is 4.74 Å². The van der Waals surface area contributed by atoms with E-state index in [1.165, 1.54) is 0 Å². The number of aryl methyl sites for hydroxylation is 1. The lowest BCUT2D eigenvalue weighted by Gasteiger charge is -2.04. The Morgan fingerprint density at radius 3 is 2.45 bits per heavy atom. The molecule has 0 saturated carbocycles. The summed E-state index contributed by atoms with van der Waals surface area (Å²) in [5.74, 6) is 0.765. The molecule has 0 amide bonds. The van der Waals surface area contributed by atoms with E-state index in [2.05, 4.69) is 10.1 Å². The molecule has 1 aliphatic heterocycles. The Hall–Kier alpha value is -4.12. The predicted molar refractivity (Wildman–Crippen MR) is 126 cm³/mol. The number of nitrogens with one attached hydrogen (secondary N) is 1. The zero-order chi connectivity index (χ0) is 21.4. The van der Waals surface area contributed by atoms with Gasteiger partial charge in [-0.1, -0.05) is 35.9 Å². The fourth-order valence-corrected chi connectivity index (χ4v) is 3.75. The van der Waals surface area contributed by atoms with Gasteiger partial charge in [0.15, 0.2) is 0 Å². The fourth-order valence-electron chi connectivity index (χ4n) is 3.75. The second-order valence-electron chi connectivity index (χ2n) is 7.48. The van der Waals surface area contributed by atoms with Crippen molar-refractivity contribution in [3.8, 4) is 22.7 Å². The van der Waals surface area contributed by atoms with Crippen LogP contribution in [0, 0.1) is 6.92 Å². The summed E-state index contributed by atoms with van der Waals surface area (Å²) >= 11 is 0. The van der Waals surface area contributed by atoms with Crippen molar-refractivity contribution >= 4 is 23.6 Å². The lowest BCUT2D eigenvalue weighted by molar-refractivity contribution is 0.415. The molecular weight excluding hydrogens is 386 g/mol. The third-order valence-corrected chi connectivity index (χ3v) is 5.45. The van der Waals surface area contributed by atoms with Gasteiger partial charge >= 0.3 is 0 Å². The molecule has 0 saturated heterocycles. The van der Waals surface area contributed by atoms with E-state index in [1.807, 2.05) is 92.0 Å². The molecule has 5 nitrogen and oxygen atoms in total. The first-order valence-corrected chi connectivity index (χ1v) is 10.1. The zero-order valence-electron chi connectivity index (χ0n) is 17.3. The number of aromatic nitrogens is 2. The lowest BCUT2D eigenvalue weighted by Crippen LogP contribution is -2.15. The van der Waals surface area contributed by atoms with Crippen LogP contribution in [0.3, 0.4) is 0 Å². The van der Waals surface area contributed by atoms with Crippen LogP contribution in [-0.4, -0.2) is 23.1 Å². The number of allylic oxidation sites excluding steroid dienone is 1. The Labute approximate surface area is 180 Å². The molecule has 0 aliphatic carbocycles. The Bertz CT molecular complexity index is 1370. The number of rotatable bonds is 4. The molecule has 4 aromatic rings. The van der Waals surface area contributed by atoms with Crippen LogP contribution < -0.4 is 10.3 Å². The normalized spacial score (nSPS) is 13.5. The number of benzene rings is 3. The average molecular weight is 407 g/mol. The summed E-state index contributed by atoms with van der Waals surface area (Å²) in [6.45, 7) is 2.02. The van der Waals surface area contributed by atoms with Crippen molar-refractivity contribution in [3.05, 3.63) is 99.8 Å². The zero-order valence-corrected chi connectivity index (χ0v) is 17.3. The molecule has 0 unspecified atom stereocenters. The molecule has 0 bridgehead atoms. The molecule has 31 heavy (non-hydrogen) atoms. The molecule has 5 heteroatoms. The molecule has 0 spiro atoms. The van der Waals surface area contributed by atoms with Gasteiger partial charge in [-0.2, -0.15) is 0 Å². The van der Waals surface area contributed by atoms with Crippen molar-refractivity contribution in [1.82, 2.24) is 9.78 Å². The van der Waals surface area contributed by atoms with Crippen molar-refractivity contribution in [3.63, 3.8) is 0 Å². The second-order valence-corrected chi connectivity index (χ2v) is 7.48. The highest BCUT2D eigenvalue weighted by molar-refractivity contribution is 6.21. The van der Waals surface area contributed by atoms with Crippen molar-refractivity contribution < 1.29 is 4.74 Å². The van der Waals surface area contributed by atoms with E-state index in [-0.39, 0.29) is 5.56 Å². The van der Waals surface area contributed by atoms with E-state index in [4.69, 9.17) is 4.74 Å². The number of methoxy groups -OCH3 is 1. The quantitative estimate of drug-likeness (QED) is 0.492. The molecule has 1 N–H and O–H groups in total. The van der Waals surface area contributed by atoms with Gasteiger partial charge in [0.05, 0.1) is 29.7 Å². The highest BCUT2D eigenvalue weighted by atomic mass is 16.5. The molecule has 1 aliphatic rings. The van der Waals surface area contributed by atoms with Crippen molar-refractivity contribution in [2.24, 2.45) is 4.99 Å². The smallest absolute Gasteiger partial charge is 0.279 e. The first kappa shape index (κ1) is 18.9. The van der Waals surface area contributed by atoms with Gasteiger partial charge in [0.25, 0.3) is 5.56 Å². The first-order chi connectivity index (χ1) is 15.1. The predicted octanol–water partition coefficient (Wildman–Crippen LogP) is 5.41. The third-order valence-electron chi connectivity index (χ3n) is 5.45. The van der Waals surface area contributed by atoms with Crippen LogP contribution in [0.25, 0.3) is 28.6 Å². The summed E-state index contributed by atoms with van der Waals surface area (Å²) in [5, 5.41) is 3.31. The van der Waals surface area contributed by atoms with Crippen LogP contribution in [0.15, 0.2) is 82.6 Å². The van der Waals surface area contributed by atoms with E-state index < -0.39 is 0 Å². The van der Waals surface area contributed by atoms with Gasteiger partial charge in [-0.05, 0) is 55.5 Å². The molecular formula is C26H21N3O2. The van der Waals surface area contributed by atoms with Gasteiger partial charge in [0, 0.05) is 22.9 Å². The summed E-state index contributed by atoms with van der Waals surface area (Å²) < 4.78 is 6.87. The Morgan fingerprint density at radius 2 is 1.71 bits per heavy atom. The van der Waals surface area contributed by atoms with Crippen LogP contribution in [0.1, 0.15) is 16.7 Å². The second kappa shape index (κ2) is 7.61. The van der Waals surface area contributed by atoms with E-state index in [0.29, 0.717) is 5.56 Å². The van der Waals surface area contributed by atoms with Crippen LogP contribution in [0.2, 0.25) is 0 Å². The molecule has 3 aromatic carbocycles. The molecule has 152 valence electrons. The number of hydrogen-bond donors (Lipinski definition) is 1. The van der Waals surface area contributed by atoms with Crippen molar-refractivity contribution in [1.29, 1.82) is 0 Å². The number of fused-ring (bicyclic) bond motifs is 1. The minimum absolute atomic E-state index is 0.111. The monoisotopic (exact) mass is 407 g/mol. The SMILES string of the molecule is COc1ccc(-c2[nH]n(-c3ccc(C)cc3)c(=O)c2/C=C2/C=Nc3ccccc32)cc1. The van der Waals surface area contributed by atoms with Crippen LogP contribution >= 0.6 is 0 Å². The van der Waals surface area contributed by atoms with Gasteiger partial charge in [-0.15, -0.1) is 0 Å². The largest absolute Gasteiger partial charge is 0.497 e. The standard InChI is InChI=1S/C26H21N3O2/c1-17-7-11-20(12-8-17)29-26(30)23(15-19-16-27-24-6-4-3-5-22(19)24)25(28-29)18-9-13-21(31-2)14-10-18/h3-16,28H,1-2H3/b19-15-. The van der Waals surface area contributed by atoms with Gasteiger partial charge in [0.1, 0.15) is 5.75 Å². The maximum absolute atomic E-state index is 13.5. The summed E-state index contributed by atoms with van der Waals surface area (Å²) in [6, 6.07) is 23.5. The minimum Gasteiger partial charge on any atom is -0.497 e. The molecule has 0 radical (unpaired) electrons. The maximum Gasteiger partial charge on any atom is 0.279 e. The molecule has 0 atom stereocenters. The fraction of sp³-hybridized carbons (Fsp3) is 0.0769. The number of para-hydroxylation sites is 1. The Morgan fingerprint density at radius 1 is 0.968 bits per heavy atom. The number of aromatic amines is 1. The van der Waals surface area contributed by atoms with Gasteiger partial charge in [0.2, 0.25) is 0 Å². The van der Waals surface area contributed by atoms with Crippen LogP contribution in [-0.2, 0) is 0 Å². The van der Waals surface area contributed by atoms with Gasteiger partial charge in [-0.3, -0.25) is 14.9 Å². The topological polar surface area (TPSA) is 59.4 Å². The summed E-state index contributed by atoms with van der Waals surface area (Å²) in [5.41, 5.74) is 6.90. The molecule has 2 heterocycles. The van der Waals surface area contributed by atoms with Gasteiger partial charge in [-0.25, -0.2) is 4.68 Å². The third kappa shape index (κ3) is 3.40. The van der Waals surface area contributed by atoms with Crippen molar-refractivity contribution in [2.75, 3.05) is 7.11 Å². The van der Waals surface area contributed by atoms with E-state index in [0.717, 1.165) is 45.1 Å². The molecule has 1 aromatic heterocycles. The van der Waals surface area contributed by atoms with Crippen molar-refractivity contribution in [2.45, 2.75) is 6.92 Å². The lowest BCUT2D eigenvalue weighted by atomic mass is 10.0. The molecule has 0 fully saturated rings. The Balaban J connectivity index is 1.70. The number of hydrogen-bond acceptors (Lipinski definition) is 3. The number of H-pyrrole nitrogens is 1. The number of ether oxygens (including phenoxy) is 1. The average Bonchev–Trinajstić information content (AvgIpc) is 3.36. The highest BCUT2D eigenvalue weighted by Crippen LogP contribution is 2.33. The Kier molecular flexibility index (Phi) is 4.64. The highest BCUT2D eigenvalue weighted by Gasteiger charge is 2.18. The maximum atomic E-state index is 13.5. The molecule has 5 rings (SSSR count). The summed E-state index contributed by atoms with van der Waals surface area (Å²) in [6.07, 6.45) is 3.73. The van der Waals surface area contributed by atoms with E-state index >= 15 is 0 Å². The summed E-state index contributed by atoms with van der Waals surface area (Å²) in [7, 11) is 1.64. The van der Waals surface area contributed by atoms with E-state index in [9.17, 15) is 4.79 Å². The number of aliphatic imine (C=N–C) groups is 1.